The first-order valence-corrected chi connectivity index (χ1v) is 6.80. The van der Waals surface area contributed by atoms with E-state index in [2.05, 4.69) is 10.6 Å². The lowest BCUT2D eigenvalue weighted by molar-refractivity contribution is -0.121. The van der Waals surface area contributed by atoms with Crippen molar-refractivity contribution in [1.82, 2.24) is 5.32 Å². The van der Waals surface area contributed by atoms with Crippen LogP contribution < -0.4 is 10.6 Å². The maximum absolute atomic E-state index is 12.3. The minimum absolute atomic E-state index is 0.263. The largest absolute Gasteiger partial charge is 0.447 e. The molecule has 0 radical (unpaired) electrons. The van der Waals surface area contributed by atoms with E-state index in [4.69, 9.17) is 9.47 Å². The molecule has 0 unspecified atom stereocenters. The lowest BCUT2D eigenvalue weighted by Gasteiger charge is -2.23. The number of methoxy groups -OCH3 is 1. The minimum Gasteiger partial charge on any atom is -0.447 e. The van der Waals surface area contributed by atoms with Crippen LogP contribution in [0, 0.1) is 0 Å². The average molecular weight is 294 g/mol. The van der Waals surface area contributed by atoms with Gasteiger partial charge in [0.05, 0.1) is 12.2 Å². The van der Waals surface area contributed by atoms with Crippen molar-refractivity contribution in [2.75, 3.05) is 12.4 Å². The summed E-state index contributed by atoms with van der Waals surface area (Å²) in [6, 6.07) is 8.15. The van der Waals surface area contributed by atoms with Crippen LogP contribution >= 0.6 is 0 Å². The van der Waals surface area contributed by atoms with E-state index in [1.807, 2.05) is 18.2 Å². The highest BCUT2D eigenvalue weighted by molar-refractivity contribution is 5.97. The van der Waals surface area contributed by atoms with Gasteiger partial charge in [-0.3, -0.25) is 4.79 Å². The predicted molar refractivity (Wildman–Crippen MR) is 80.1 cm³/mol. The molecular formula is C15H22N2O4. The average Bonchev–Trinajstić information content (AvgIpc) is 2.44. The van der Waals surface area contributed by atoms with Crippen LogP contribution in [0.25, 0.3) is 0 Å². The van der Waals surface area contributed by atoms with Crippen LogP contribution in [-0.2, 0) is 14.3 Å². The van der Waals surface area contributed by atoms with Gasteiger partial charge in [-0.05, 0) is 32.9 Å². The Kier molecular flexibility index (Phi) is 6.68. The molecule has 6 heteroatoms. The molecule has 2 atom stereocenters. The Bertz CT molecular complexity index is 462. The van der Waals surface area contributed by atoms with Crippen molar-refractivity contribution in [3.8, 4) is 0 Å². The van der Waals surface area contributed by atoms with Crippen molar-refractivity contribution in [2.45, 2.75) is 39.0 Å². The molecule has 2 N–H and O–H groups in total. The van der Waals surface area contributed by atoms with E-state index in [9.17, 15) is 9.59 Å². The molecule has 0 heterocycles. The zero-order valence-corrected chi connectivity index (χ0v) is 12.8. The summed E-state index contributed by atoms with van der Waals surface area (Å²) in [6.45, 7) is 5.17. The Morgan fingerprint density at radius 1 is 1.10 bits per heavy atom. The second-order valence-corrected chi connectivity index (χ2v) is 4.87. The van der Waals surface area contributed by atoms with Crippen molar-refractivity contribution >= 4 is 17.7 Å². The fourth-order valence-corrected chi connectivity index (χ4v) is 1.65. The molecule has 0 saturated carbocycles. The topological polar surface area (TPSA) is 76.7 Å². The van der Waals surface area contributed by atoms with Gasteiger partial charge in [-0.25, -0.2) is 4.79 Å². The number of nitrogens with one attached hydrogen (secondary N) is 2. The first-order chi connectivity index (χ1) is 9.93. The van der Waals surface area contributed by atoms with E-state index < -0.39 is 18.2 Å². The first-order valence-electron chi connectivity index (χ1n) is 6.80. The number of para-hydroxylation sites is 1. The number of carbonyl (C=O) groups is 2. The Morgan fingerprint density at radius 2 is 1.71 bits per heavy atom. The summed E-state index contributed by atoms with van der Waals surface area (Å²) in [5, 5.41) is 5.25. The number of ether oxygens (including phenoxy) is 2. The van der Waals surface area contributed by atoms with Crippen molar-refractivity contribution in [2.24, 2.45) is 0 Å². The summed E-state index contributed by atoms with van der Waals surface area (Å²) in [6.07, 6.45) is -1.41. The molecule has 116 valence electrons. The molecule has 0 spiro atoms. The molecule has 0 aromatic heterocycles. The molecule has 1 aromatic carbocycles. The second kappa shape index (κ2) is 8.26. The maximum Gasteiger partial charge on any atom is 0.408 e. The molecule has 0 aliphatic carbocycles. The van der Waals surface area contributed by atoms with Crippen molar-refractivity contribution in [3.63, 3.8) is 0 Å². The molecule has 1 rings (SSSR count). The van der Waals surface area contributed by atoms with E-state index >= 15 is 0 Å². The van der Waals surface area contributed by atoms with E-state index in [0.29, 0.717) is 5.69 Å². The lowest BCUT2D eigenvalue weighted by Crippen LogP contribution is -2.51. The van der Waals surface area contributed by atoms with E-state index in [1.165, 1.54) is 7.11 Å². The van der Waals surface area contributed by atoms with E-state index in [-0.39, 0.29) is 12.0 Å². The molecular weight excluding hydrogens is 272 g/mol. The second-order valence-electron chi connectivity index (χ2n) is 4.87. The molecule has 2 amide bonds. The Balaban J connectivity index is 2.72. The molecule has 0 bridgehead atoms. The molecule has 0 aliphatic rings. The highest BCUT2D eigenvalue weighted by atomic mass is 16.6. The summed E-state index contributed by atoms with van der Waals surface area (Å²) in [5.41, 5.74) is 0.648. The third-order valence-electron chi connectivity index (χ3n) is 2.78. The number of anilines is 1. The van der Waals surface area contributed by atoms with Gasteiger partial charge >= 0.3 is 6.09 Å². The number of benzene rings is 1. The van der Waals surface area contributed by atoms with Gasteiger partial charge in [0.25, 0.3) is 0 Å². The number of hydrogen-bond donors (Lipinski definition) is 2. The van der Waals surface area contributed by atoms with E-state index in [1.54, 1.807) is 32.9 Å². The zero-order valence-electron chi connectivity index (χ0n) is 12.8. The number of hydrogen-bond acceptors (Lipinski definition) is 4. The van der Waals surface area contributed by atoms with Crippen LogP contribution in [0.5, 0.6) is 0 Å². The van der Waals surface area contributed by atoms with Crippen LogP contribution in [-0.4, -0.2) is 37.4 Å². The van der Waals surface area contributed by atoms with Gasteiger partial charge in [0.1, 0.15) is 6.04 Å². The fraction of sp³-hybridized carbons (Fsp3) is 0.467. The molecule has 0 aliphatic heterocycles. The molecule has 0 saturated heterocycles. The lowest BCUT2D eigenvalue weighted by atomic mass is 10.1. The van der Waals surface area contributed by atoms with Crippen molar-refractivity contribution in [1.29, 1.82) is 0 Å². The van der Waals surface area contributed by atoms with Crippen LogP contribution in [0.3, 0.4) is 0 Å². The monoisotopic (exact) mass is 294 g/mol. The van der Waals surface area contributed by atoms with Crippen LogP contribution in [0.2, 0.25) is 0 Å². The third kappa shape index (κ3) is 5.83. The Morgan fingerprint density at radius 3 is 2.24 bits per heavy atom. The summed E-state index contributed by atoms with van der Waals surface area (Å²) in [7, 11) is 1.48. The van der Waals surface area contributed by atoms with Gasteiger partial charge in [0.15, 0.2) is 0 Å². The third-order valence-corrected chi connectivity index (χ3v) is 2.78. The highest BCUT2D eigenvalue weighted by Crippen LogP contribution is 2.08. The molecule has 6 nitrogen and oxygen atoms in total. The molecule has 0 fully saturated rings. The fourth-order valence-electron chi connectivity index (χ4n) is 1.65. The van der Waals surface area contributed by atoms with Crippen LogP contribution in [0.1, 0.15) is 20.8 Å². The van der Waals surface area contributed by atoms with Gasteiger partial charge in [-0.1, -0.05) is 18.2 Å². The van der Waals surface area contributed by atoms with Crippen LogP contribution in [0.4, 0.5) is 10.5 Å². The van der Waals surface area contributed by atoms with Crippen LogP contribution in [0.15, 0.2) is 30.3 Å². The number of carbonyl (C=O) groups excluding carboxylic acids is 2. The summed E-state index contributed by atoms with van der Waals surface area (Å²) in [4.78, 5) is 23.9. The summed E-state index contributed by atoms with van der Waals surface area (Å²) >= 11 is 0. The van der Waals surface area contributed by atoms with Gasteiger partial charge in [0, 0.05) is 12.8 Å². The summed E-state index contributed by atoms with van der Waals surface area (Å²) < 4.78 is 10.1. The molecule has 1 aromatic rings. The van der Waals surface area contributed by atoms with Gasteiger partial charge < -0.3 is 20.1 Å². The SMILES string of the molecule is CO[C@H](C)[C@H](NC(=O)OC(C)C)C(=O)Nc1ccccc1. The van der Waals surface area contributed by atoms with Gasteiger partial charge in [0.2, 0.25) is 5.91 Å². The van der Waals surface area contributed by atoms with Gasteiger partial charge in [-0.2, -0.15) is 0 Å². The smallest absolute Gasteiger partial charge is 0.408 e. The first kappa shape index (κ1) is 17.0. The Labute approximate surface area is 124 Å². The quantitative estimate of drug-likeness (QED) is 0.843. The van der Waals surface area contributed by atoms with E-state index in [0.717, 1.165) is 0 Å². The number of alkyl carbamates (subject to hydrolysis) is 1. The zero-order chi connectivity index (χ0) is 15.8. The Hall–Kier alpha value is -2.08. The highest BCUT2D eigenvalue weighted by Gasteiger charge is 2.28. The van der Waals surface area contributed by atoms with Crippen molar-refractivity contribution in [3.05, 3.63) is 30.3 Å². The van der Waals surface area contributed by atoms with Crippen molar-refractivity contribution < 1.29 is 19.1 Å². The standard InChI is InChI=1S/C15H22N2O4/c1-10(2)21-15(19)17-13(11(3)20-4)14(18)16-12-8-6-5-7-9-12/h5-11,13H,1-4H3,(H,16,18)(H,17,19)/t11-,13+/m1/s1. The number of amides is 2. The number of rotatable bonds is 6. The predicted octanol–water partition coefficient (Wildman–Crippen LogP) is 2.16. The summed E-state index contributed by atoms with van der Waals surface area (Å²) in [5.74, 6) is -0.365. The molecule has 21 heavy (non-hydrogen) atoms. The normalized spacial score (nSPS) is 13.4. The maximum atomic E-state index is 12.3. The van der Waals surface area contributed by atoms with Gasteiger partial charge in [-0.15, -0.1) is 0 Å². The minimum atomic E-state index is -0.846.